The lowest BCUT2D eigenvalue weighted by atomic mass is 9.60. The maximum absolute atomic E-state index is 6.34. The zero-order chi connectivity index (χ0) is 41.2. The minimum atomic E-state index is -0.213. The van der Waals surface area contributed by atoms with E-state index in [-0.39, 0.29) is 11.3 Å². The second-order valence-corrected chi connectivity index (χ2v) is 17.9. The number of hydrogen-bond acceptors (Lipinski definition) is 1. The van der Waals surface area contributed by atoms with Gasteiger partial charge in [0.05, 0.1) is 11.0 Å². The van der Waals surface area contributed by atoms with Crippen LogP contribution in [0.4, 0.5) is 0 Å². The lowest BCUT2D eigenvalue weighted by Gasteiger charge is -2.33. The molecular weight excluding hydrogens is 673 g/mol. The Labute approximate surface area is 351 Å². The summed E-state index contributed by atoms with van der Waals surface area (Å²) in [7, 11) is 30.2. The molecule has 8 rings (SSSR count). The topological polar surface area (TPSA) is 17.8 Å². The quantitative estimate of drug-likeness (QED) is 0.134. The molecule has 0 aliphatic heterocycles. The summed E-state index contributed by atoms with van der Waals surface area (Å²) in [4.78, 5) is 5.57. The number of rotatable bonds is 4. The van der Waals surface area contributed by atoms with Gasteiger partial charge < -0.3 is 0 Å². The van der Waals surface area contributed by atoms with Crippen molar-refractivity contribution in [1.29, 1.82) is 0 Å². The molecule has 0 radical (unpaired) electrons. The van der Waals surface area contributed by atoms with Crippen molar-refractivity contribution < 1.29 is 0 Å². The molecule has 5 aromatic rings. The van der Waals surface area contributed by atoms with Crippen molar-refractivity contribution in [2.45, 2.75) is 25.7 Å². The Bertz CT molecular complexity index is 3000. The molecule has 0 spiro atoms. The van der Waals surface area contributed by atoms with Crippen LogP contribution in [0.5, 0.6) is 0 Å². The molecule has 1 aromatic heterocycles. The van der Waals surface area contributed by atoms with Gasteiger partial charge in [0.25, 0.3) is 0 Å². The molecule has 0 saturated carbocycles. The highest BCUT2D eigenvalue weighted by Gasteiger charge is 2.44. The minimum Gasteiger partial charge on any atom is -0.292 e. The fourth-order valence-electron chi connectivity index (χ4n) is 11.2. The smallest absolute Gasteiger partial charge is 0.151 e. The second-order valence-electron chi connectivity index (χ2n) is 17.9. The summed E-state index contributed by atoms with van der Waals surface area (Å²) in [6.07, 6.45) is 7.20. The number of imidazole rings is 1. The van der Waals surface area contributed by atoms with Gasteiger partial charge in [0.2, 0.25) is 0 Å². The first-order valence-electron chi connectivity index (χ1n) is 20.7. The van der Waals surface area contributed by atoms with E-state index >= 15 is 0 Å². The number of para-hydroxylation sites is 3. The Kier molecular flexibility index (Phi) is 9.51. The van der Waals surface area contributed by atoms with Gasteiger partial charge in [0, 0.05) is 22.6 Å². The molecule has 0 saturated heterocycles. The normalized spacial score (nSPS) is 18.8. The molecule has 0 N–H and O–H groups in total. The number of fused-ring (bicyclic) bond motifs is 4. The standard InChI is InChI=1S/C42H45B13N2/c1-4-17(43)23-27-29(35(50)40(55)39(54)34(27)49)42(2,3)28(23)18(44)14-16-21-24(32(47)36(51)30(21)45)26(25-22(16)31(46)37(52)38(53)33(25)48)41-56-19-12-8-9-13-20(19)57(41)15-10-6-5-7-11-15/h1,5-13,21H,14,43-55H2,2-3H3/b23-17+,28-18-. The van der Waals surface area contributed by atoms with Gasteiger partial charge in [-0.3, -0.25) is 4.57 Å². The molecule has 262 valence electrons. The maximum Gasteiger partial charge on any atom is 0.151 e. The van der Waals surface area contributed by atoms with Gasteiger partial charge in [-0.25, -0.2) is 4.98 Å². The van der Waals surface area contributed by atoms with Crippen LogP contribution in [0, 0.1) is 18.3 Å². The maximum atomic E-state index is 6.34. The monoisotopic (exact) mass is 720 g/mol. The summed E-state index contributed by atoms with van der Waals surface area (Å²) in [6.45, 7) is 4.87. The van der Waals surface area contributed by atoms with Crippen molar-refractivity contribution in [2.24, 2.45) is 5.92 Å². The SMILES string of the molecule is BC1=C(B)C2C(=C1B)C(c1nc3ccccc3n1-c1ccccc1)=c1c(B)c(B)c(B)c(B)c1=C2C/C(B)=C1\C(=C(\B)C#C)c2c(B)c(B)c(B)c(B)c2C1(C)C. The molecule has 3 aliphatic carbocycles. The zero-order valence-electron chi connectivity index (χ0n) is 37.0. The molecule has 2 nitrogen and oxygen atoms in total. The predicted molar refractivity (Wildman–Crippen MR) is 285 cm³/mol. The highest BCUT2D eigenvalue weighted by molar-refractivity contribution is 6.64. The molecule has 57 heavy (non-hydrogen) atoms. The number of hydrogen-bond donors (Lipinski definition) is 0. The molecular formula is C42H45B13N2. The van der Waals surface area contributed by atoms with E-state index in [2.05, 4.69) is 181 Å². The van der Waals surface area contributed by atoms with Crippen molar-refractivity contribution in [2.75, 3.05) is 0 Å². The fraction of sp³-hybridized carbons (Fsp3) is 0.119. The number of aromatic nitrogens is 2. The molecule has 1 unspecified atom stereocenters. The second kappa shape index (κ2) is 13.8. The summed E-state index contributed by atoms with van der Waals surface area (Å²) < 4.78 is 2.41. The molecule has 0 fully saturated rings. The summed E-state index contributed by atoms with van der Waals surface area (Å²) in [6, 6.07) is 19.4. The molecule has 3 aliphatic rings. The Morgan fingerprint density at radius 2 is 1.30 bits per heavy atom. The Balaban J connectivity index is 1.55. The number of benzene rings is 4. The summed E-state index contributed by atoms with van der Waals surface area (Å²) in [5, 5.41) is 2.74. The average Bonchev–Trinajstić information content (AvgIpc) is 3.78. The Hall–Kier alpha value is -4.55. The van der Waals surface area contributed by atoms with Crippen molar-refractivity contribution >= 4 is 173 Å². The third-order valence-corrected chi connectivity index (χ3v) is 14.9. The fourth-order valence-corrected chi connectivity index (χ4v) is 11.2. The van der Waals surface area contributed by atoms with E-state index in [1.165, 1.54) is 115 Å². The lowest BCUT2D eigenvalue weighted by Crippen LogP contribution is -2.66. The molecule has 0 bridgehead atoms. The van der Waals surface area contributed by atoms with Gasteiger partial charge in [-0.15, -0.1) is 44.7 Å². The van der Waals surface area contributed by atoms with E-state index in [1.54, 1.807) is 0 Å². The predicted octanol–water partition coefficient (Wildman–Crippen LogP) is -11.3. The van der Waals surface area contributed by atoms with E-state index < -0.39 is 0 Å². The first kappa shape index (κ1) is 39.3. The van der Waals surface area contributed by atoms with Crippen LogP contribution in [0.15, 0.2) is 93.1 Å². The van der Waals surface area contributed by atoms with Crippen LogP contribution in [0.25, 0.3) is 33.4 Å². The van der Waals surface area contributed by atoms with Gasteiger partial charge in [-0.1, -0.05) is 77.4 Å². The first-order valence-corrected chi connectivity index (χ1v) is 20.7. The molecule has 0 amide bonds. The molecule has 4 aromatic carbocycles. The summed E-state index contributed by atoms with van der Waals surface area (Å²) in [5.41, 5.74) is 30.3. The number of nitrogens with zero attached hydrogens (tertiary/aromatic N) is 2. The molecule has 15 heteroatoms. The minimum absolute atomic E-state index is 0.133. The van der Waals surface area contributed by atoms with Gasteiger partial charge in [0.15, 0.2) is 7.85 Å². The van der Waals surface area contributed by atoms with Crippen LogP contribution in [0.2, 0.25) is 0 Å². The van der Waals surface area contributed by atoms with Crippen molar-refractivity contribution in [1.82, 2.24) is 9.55 Å². The van der Waals surface area contributed by atoms with E-state index in [1.807, 2.05) is 0 Å². The van der Waals surface area contributed by atoms with Gasteiger partial charge in [-0.05, 0) is 80.0 Å². The Morgan fingerprint density at radius 1 is 0.719 bits per heavy atom. The van der Waals surface area contributed by atoms with E-state index in [0.29, 0.717) is 0 Å². The lowest BCUT2D eigenvalue weighted by molar-refractivity contribution is 0.661. The van der Waals surface area contributed by atoms with Crippen LogP contribution in [-0.2, 0) is 5.41 Å². The van der Waals surface area contributed by atoms with E-state index in [9.17, 15) is 0 Å². The van der Waals surface area contributed by atoms with Crippen molar-refractivity contribution in [3.8, 4) is 18.0 Å². The third-order valence-electron chi connectivity index (χ3n) is 14.9. The zero-order valence-corrected chi connectivity index (χ0v) is 37.0. The van der Waals surface area contributed by atoms with Crippen LogP contribution in [0.1, 0.15) is 37.2 Å². The van der Waals surface area contributed by atoms with E-state index in [4.69, 9.17) is 11.4 Å². The molecule has 1 atom stereocenters. The van der Waals surface area contributed by atoms with E-state index in [0.717, 1.165) is 34.4 Å². The first-order chi connectivity index (χ1) is 27.0. The summed E-state index contributed by atoms with van der Waals surface area (Å²) in [5.74, 6) is 4.27. The van der Waals surface area contributed by atoms with Crippen molar-refractivity contribution in [3.05, 3.63) is 120 Å². The van der Waals surface area contributed by atoms with Crippen LogP contribution in [-0.4, -0.2) is 112 Å². The Morgan fingerprint density at radius 3 is 1.95 bits per heavy atom. The van der Waals surface area contributed by atoms with Gasteiger partial charge in [-0.2, -0.15) is 0 Å². The van der Waals surface area contributed by atoms with Gasteiger partial charge >= 0.3 is 0 Å². The van der Waals surface area contributed by atoms with Crippen LogP contribution in [0.3, 0.4) is 0 Å². The molecule has 1 heterocycles. The van der Waals surface area contributed by atoms with Crippen molar-refractivity contribution in [3.63, 3.8) is 0 Å². The van der Waals surface area contributed by atoms with Crippen LogP contribution < -0.4 is 54.1 Å². The van der Waals surface area contributed by atoms with Crippen LogP contribution >= 0.6 is 0 Å². The highest BCUT2D eigenvalue weighted by atomic mass is 15.1. The summed E-state index contributed by atoms with van der Waals surface area (Å²) >= 11 is 0. The van der Waals surface area contributed by atoms with Gasteiger partial charge in [0.1, 0.15) is 100.0 Å². The highest BCUT2D eigenvalue weighted by Crippen LogP contribution is 2.52. The average molecular weight is 718 g/mol. The third kappa shape index (κ3) is 5.41. The largest absolute Gasteiger partial charge is 0.292 e. The number of terminal acetylenes is 1. The number of allylic oxidation sites excluding steroid dienone is 8.